The van der Waals surface area contributed by atoms with Gasteiger partial charge in [-0.25, -0.2) is 0 Å². The van der Waals surface area contributed by atoms with Gasteiger partial charge in [0.15, 0.2) is 0 Å². The van der Waals surface area contributed by atoms with E-state index in [2.05, 4.69) is 65.8 Å². The van der Waals surface area contributed by atoms with Gasteiger partial charge in [0.2, 0.25) is 0 Å². The van der Waals surface area contributed by atoms with Crippen molar-refractivity contribution in [1.82, 2.24) is 0 Å². The van der Waals surface area contributed by atoms with Crippen molar-refractivity contribution in [3.8, 4) is 0 Å². The van der Waals surface area contributed by atoms with Gasteiger partial charge in [0.1, 0.15) is 0 Å². The van der Waals surface area contributed by atoms with E-state index in [9.17, 15) is 0 Å². The second-order valence-electron chi connectivity index (χ2n) is 6.43. The number of halogens is 2. The number of hydrogen-bond donors (Lipinski definition) is 0. The molecule has 0 aromatic heterocycles. The molecule has 0 fully saturated rings. The number of aryl methyl sites for hydroxylation is 6. The lowest BCUT2D eigenvalue weighted by molar-refractivity contribution is 0.848. The topological polar surface area (TPSA) is 0 Å². The summed E-state index contributed by atoms with van der Waals surface area (Å²) in [4.78, 5) is 0. The normalized spacial score (nSPS) is 14.0. The van der Waals surface area contributed by atoms with Crippen molar-refractivity contribution < 1.29 is 0 Å². The van der Waals surface area contributed by atoms with Crippen LogP contribution in [-0.4, -0.2) is 0 Å². The van der Waals surface area contributed by atoms with E-state index in [0.717, 1.165) is 11.1 Å². The molecule has 2 rings (SSSR count). The minimum Gasteiger partial charge on any atom is -0.116 e. The molecule has 2 aromatic rings. The van der Waals surface area contributed by atoms with Crippen LogP contribution in [0.15, 0.2) is 24.3 Å². The molecule has 2 atom stereocenters. The molecule has 0 aliphatic rings. The maximum absolute atomic E-state index is 6.81. The van der Waals surface area contributed by atoms with E-state index in [-0.39, 0.29) is 10.8 Å². The molecule has 0 amide bonds. The molecule has 0 saturated carbocycles. The third kappa shape index (κ3) is 3.34. The first-order valence-corrected chi connectivity index (χ1v) is 8.53. The molecule has 0 nitrogen and oxygen atoms in total. The second kappa shape index (κ2) is 6.64. The highest BCUT2D eigenvalue weighted by Crippen LogP contribution is 2.44. The molecule has 0 saturated heterocycles. The Bertz CT molecular complexity index is 593. The van der Waals surface area contributed by atoms with Crippen molar-refractivity contribution in [2.75, 3.05) is 0 Å². The molecule has 0 bridgehead atoms. The first kappa shape index (κ1) is 17.4. The SMILES string of the molecule is Cc1cc(C)c([C@@H](Cl)[C@H](Cl)c2c(C)cc(C)cc2C)c(C)c1. The predicted molar refractivity (Wildman–Crippen MR) is 98.5 cm³/mol. The van der Waals surface area contributed by atoms with Crippen LogP contribution in [0, 0.1) is 41.5 Å². The van der Waals surface area contributed by atoms with Crippen LogP contribution in [0.3, 0.4) is 0 Å². The van der Waals surface area contributed by atoms with Gasteiger partial charge in [-0.2, -0.15) is 0 Å². The molecule has 0 heterocycles. The quantitative estimate of drug-likeness (QED) is 0.541. The van der Waals surface area contributed by atoms with Crippen molar-refractivity contribution in [2.24, 2.45) is 0 Å². The third-order valence-corrected chi connectivity index (χ3v) is 5.35. The fourth-order valence-electron chi connectivity index (χ4n) is 3.55. The van der Waals surface area contributed by atoms with Crippen LogP contribution in [0.25, 0.3) is 0 Å². The van der Waals surface area contributed by atoms with Crippen molar-refractivity contribution in [3.05, 3.63) is 68.8 Å². The molecule has 0 aliphatic carbocycles. The number of benzene rings is 2. The first-order chi connectivity index (χ1) is 10.2. The lowest BCUT2D eigenvalue weighted by Crippen LogP contribution is -2.08. The van der Waals surface area contributed by atoms with Crippen LogP contribution < -0.4 is 0 Å². The van der Waals surface area contributed by atoms with Crippen molar-refractivity contribution in [1.29, 1.82) is 0 Å². The first-order valence-electron chi connectivity index (χ1n) is 7.66. The minimum atomic E-state index is -0.234. The van der Waals surface area contributed by atoms with E-state index in [1.165, 1.54) is 33.4 Å². The van der Waals surface area contributed by atoms with Crippen LogP contribution in [0.1, 0.15) is 55.3 Å². The van der Waals surface area contributed by atoms with Crippen molar-refractivity contribution in [3.63, 3.8) is 0 Å². The van der Waals surface area contributed by atoms with Crippen LogP contribution in [0.4, 0.5) is 0 Å². The predicted octanol–water partition coefficient (Wildman–Crippen LogP) is 6.80. The zero-order valence-corrected chi connectivity index (χ0v) is 15.7. The minimum absolute atomic E-state index is 0.234. The Balaban J connectivity index is 2.49. The van der Waals surface area contributed by atoms with Gasteiger partial charge >= 0.3 is 0 Å². The highest BCUT2D eigenvalue weighted by atomic mass is 35.5. The summed E-state index contributed by atoms with van der Waals surface area (Å²) < 4.78 is 0. The summed E-state index contributed by atoms with van der Waals surface area (Å²) in [5.41, 5.74) is 9.69. The number of hydrogen-bond acceptors (Lipinski definition) is 0. The Kier molecular flexibility index (Phi) is 5.25. The van der Waals surface area contributed by atoms with Gasteiger partial charge in [0.25, 0.3) is 0 Å². The van der Waals surface area contributed by atoms with Gasteiger partial charge in [-0.1, -0.05) is 35.4 Å². The molecule has 22 heavy (non-hydrogen) atoms. The van der Waals surface area contributed by atoms with Gasteiger partial charge < -0.3 is 0 Å². The smallest absolute Gasteiger partial charge is 0.0795 e. The zero-order chi connectivity index (χ0) is 16.6. The Morgan fingerprint density at radius 1 is 0.545 bits per heavy atom. The van der Waals surface area contributed by atoms with E-state index in [1.54, 1.807) is 0 Å². The number of alkyl halides is 2. The molecule has 118 valence electrons. The molecule has 2 heteroatoms. The molecular weight excluding hydrogens is 311 g/mol. The van der Waals surface area contributed by atoms with Gasteiger partial charge in [-0.05, 0) is 74.9 Å². The monoisotopic (exact) mass is 334 g/mol. The van der Waals surface area contributed by atoms with E-state index in [4.69, 9.17) is 23.2 Å². The van der Waals surface area contributed by atoms with Crippen LogP contribution in [0.2, 0.25) is 0 Å². The Hall–Kier alpha value is -0.980. The van der Waals surface area contributed by atoms with Crippen LogP contribution in [-0.2, 0) is 0 Å². The fourth-order valence-corrected chi connectivity index (χ4v) is 4.49. The molecule has 0 N–H and O–H groups in total. The van der Waals surface area contributed by atoms with E-state index in [0.29, 0.717) is 0 Å². The van der Waals surface area contributed by atoms with E-state index >= 15 is 0 Å². The molecule has 0 spiro atoms. The van der Waals surface area contributed by atoms with Crippen LogP contribution >= 0.6 is 23.2 Å². The molecule has 2 aromatic carbocycles. The van der Waals surface area contributed by atoms with Crippen molar-refractivity contribution >= 4 is 23.2 Å². The highest BCUT2D eigenvalue weighted by molar-refractivity contribution is 6.30. The standard InChI is InChI=1S/C20H24Cl2/c1-11-7-13(3)17(14(4)8-11)19(21)20(22)18-15(5)9-12(2)10-16(18)6/h7-10,19-20H,1-6H3/t19-,20-/m1/s1. The molecule has 0 unspecified atom stereocenters. The summed E-state index contributed by atoms with van der Waals surface area (Å²) in [7, 11) is 0. The fraction of sp³-hybridized carbons (Fsp3) is 0.400. The lowest BCUT2D eigenvalue weighted by Gasteiger charge is -2.24. The average Bonchev–Trinajstić information content (AvgIpc) is 2.35. The summed E-state index contributed by atoms with van der Waals surface area (Å²) >= 11 is 13.6. The Morgan fingerprint density at radius 2 is 0.773 bits per heavy atom. The molecule has 0 aliphatic heterocycles. The average molecular weight is 335 g/mol. The summed E-state index contributed by atoms with van der Waals surface area (Å²) in [5.74, 6) is 0. The number of rotatable bonds is 3. The van der Waals surface area contributed by atoms with Crippen LogP contribution in [0.5, 0.6) is 0 Å². The van der Waals surface area contributed by atoms with Gasteiger partial charge in [0, 0.05) is 0 Å². The molecule has 0 radical (unpaired) electrons. The Morgan fingerprint density at radius 3 is 1.00 bits per heavy atom. The van der Waals surface area contributed by atoms with Gasteiger partial charge in [-0.15, -0.1) is 23.2 Å². The largest absolute Gasteiger partial charge is 0.116 e. The zero-order valence-electron chi connectivity index (χ0n) is 14.2. The summed E-state index contributed by atoms with van der Waals surface area (Å²) in [5, 5.41) is -0.468. The van der Waals surface area contributed by atoms with Crippen molar-refractivity contribution in [2.45, 2.75) is 52.3 Å². The highest BCUT2D eigenvalue weighted by Gasteiger charge is 2.26. The molecular formula is C20H24Cl2. The summed E-state index contributed by atoms with van der Waals surface area (Å²) in [6, 6.07) is 8.71. The second-order valence-corrected chi connectivity index (χ2v) is 7.37. The maximum Gasteiger partial charge on any atom is 0.0795 e. The van der Waals surface area contributed by atoms with Gasteiger partial charge in [0.05, 0.1) is 10.8 Å². The third-order valence-electron chi connectivity index (χ3n) is 4.28. The van der Waals surface area contributed by atoms with E-state index < -0.39 is 0 Å². The lowest BCUT2D eigenvalue weighted by atomic mass is 9.90. The summed E-state index contributed by atoms with van der Waals surface area (Å²) in [6.07, 6.45) is 0. The van der Waals surface area contributed by atoms with Gasteiger partial charge in [-0.3, -0.25) is 0 Å². The summed E-state index contributed by atoms with van der Waals surface area (Å²) in [6.45, 7) is 12.7. The van der Waals surface area contributed by atoms with E-state index in [1.807, 2.05) is 0 Å². The Labute approximate surface area is 144 Å². The maximum atomic E-state index is 6.81.